The molecule has 1 saturated carbocycles. The first kappa shape index (κ1) is 33.3. The first-order chi connectivity index (χ1) is 22.4. The summed E-state index contributed by atoms with van der Waals surface area (Å²) >= 11 is 0. The number of carbonyl (C=O) groups excluding carboxylic acids is 3. The first-order valence-corrected chi connectivity index (χ1v) is 15.7. The molecule has 3 amide bonds. The minimum absolute atomic E-state index is 0.0486. The number of rotatable bonds is 6. The number of hydrogen-bond donors (Lipinski definition) is 5. The van der Waals surface area contributed by atoms with Crippen LogP contribution in [0, 0.1) is 5.82 Å². The average molecular weight is 666 g/mol. The van der Waals surface area contributed by atoms with E-state index in [0.717, 1.165) is 4.90 Å². The van der Waals surface area contributed by atoms with Crippen molar-refractivity contribution in [2.45, 2.75) is 86.7 Å². The van der Waals surface area contributed by atoms with Crippen LogP contribution in [0.15, 0.2) is 30.5 Å². The van der Waals surface area contributed by atoms with Crippen LogP contribution in [-0.2, 0) is 19.1 Å². The minimum atomic E-state index is -2.71. The maximum Gasteiger partial charge on any atom is 0.255 e. The molecule has 3 aliphatic heterocycles. The van der Waals surface area contributed by atoms with Crippen molar-refractivity contribution < 1.29 is 47.6 Å². The normalized spacial score (nSPS) is 32.0. The SMILES string of the molecule is O=C1NC[C@@H]2O[C@H](C(=O)N(CCNC3CCC(F)(F)CC3)CC(=O)N3C[C@@H](n4cc(-c5ccc(F)cc5)nn4)C[C@@H]13)[C@H](O)[C@H](O)[C@H]2O. The largest absolute Gasteiger partial charge is 0.388 e. The molecule has 47 heavy (non-hydrogen) atoms. The zero-order chi connectivity index (χ0) is 33.5. The summed E-state index contributed by atoms with van der Waals surface area (Å²) in [4.78, 5) is 43.6. The molecule has 4 heterocycles. The highest BCUT2D eigenvalue weighted by Gasteiger charge is 2.49. The van der Waals surface area contributed by atoms with E-state index in [-0.39, 0.29) is 64.3 Å². The number of aliphatic hydroxyl groups excluding tert-OH is 3. The van der Waals surface area contributed by atoms with Crippen LogP contribution < -0.4 is 10.6 Å². The summed E-state index contributed by atoms with van der Waals surface area (Å²) < 4.78 is 47.9. The van der Waals surface area contributed by atoms with E-state index in [9.17, 15) is 42.9 Å². The van der Waals surface area contributed by atoms with Crippen LogP contribution in [0.25, 0.3) is 11.3 Å². The van der Waals surface area contributed by atoms with Gasteiger partial charge in [0.1, 0.15) is 42.0 Å². The number of hydrogen-bond acceptors (Lipinski definition) is 10. The zero-order valence-electron chi connectivity index (χ0n) is 25.4. The van der Waals surface area contributed by atoms with Crippen LogP contribution in [0.1, 0.15) is 38.1 Å². The van der Waals surface area contributed by atoms with E-state index in [1.165, 1.54) is 21.7 Å². The lowest BCUT2D eigenvalue weighted by atomic mass is 9.92. The standard InChI is InChI=1S/C30H38F3N7O7/c31-17-3-1-16(2-4-17)20-14-40(37-36-20)19-11-21-28(45)35-12-22-24(42)25(43)26(44)27(47-22)29(46)38(15-23(41)39(21)13-19)10-9-34-18-5-7-30(32,33)8-6-18/h1-4,14,18-19,21-22,24-27,34,42-44H,5-13,15H2,(H,35,45)/t19-,21-,22-,24-,25+,26+,27-/m0/s1. The Kier molecular flexibility index (Phi) is 9.53. The molecule has 256 valence electrons. The summed E-state index contributed by atoms with van der Waals surface area (Å²) in [7, 11) is 0. The molecule has 3 saturated heterocycles. The molecule has 0 unspecified atom stereocenters. The van der Waals surface area contributed by atoms with E-state index >= 15 is 0 Å². The van der Waals surface area contributed by atoms with Gasteiger partial charge in [0.2, 0.25) is 17.7 Å². The molecule has 2 bridgehead atoms. The van der Waals surface area contributed by atoms with Gasteiger partial charge in [-0.3, -0.25) is 14.4 Å². The fourth-order valence-corrected chi connectivity index (χ4v) is 6.73. The summed E-state index contributed by atoms with van der Waals surface area (Å²) in [6, 6.07) is 4.01. The number of benzene rings is 1. The monoisotopic (exact) mass is 665 g/mol. The van der Waals surface area contributed by atoms with Gasteiger partial charge < -0.3 is 40.5 Å². The third-order valence-corrected chi connectivity index (χ3v) is 9.53. The van der Waals surface area contributed by atoms with Gasteiger partial charge in [-0.1, -0.05) is 5.21 Å². The molecule has 2 aromatic rings. The van der Waals surface area contributed by atoms with Gasteiger partial charge in [-0.05, 0) is 37.1 Å². The molecule has 6 rings (SSSR count). The fourth-order valence-electron chi connectivity index (χ4n) is 6.73. The van der Waals surface area contributed by atoms with Crippen molar-refractivity contribution in [3.05, 3.63) is 36.3 Å². The Morgan fingerprint density at radius 1 is 1.04 bits per heavy atom. The number of nitrogens with zero attached hydrogens (tertiary/aromatic N) is 5. The summed E-state index contributed by atoms with van der Waals surface area (Å²) in [6.45, 7) is -0.695. The number of ether oxygens (including phenoxy) is 1. The second-order valence-corrected chi connectivity index (χ2v) is 12.7. The molecule has 7 atom stereocenters. The van der Waals surface area contributed by atoms with Gasteiger partial charge in [-0.15, -0.1) is 5.10 Å². The Balaban J connectivity index is 1.22. The number of amides is 3. The van der Waals surface area contributed by atoms with Gasteiger partial charge in [-0.25, -0.2) is 17.9 Å². The molecule has 1 aromatic heterocycles. The Bertz CT molecular complexity index is 1450. The molecular formula is C30H38F3N7O7. The molecule has 0 radical (unpaired) electrons. The van der Waals surface area contributed by atoms with Crippen LogP contribution in [0.3, 0.4) is 0 Å². The number of aliphatic hydroxyl groups is 3. The highest BCUT2D eigenvalue weighted by Crippen LogP contribution is 2.33. The quantitative estimate of drug-likeness (QED) is 0.262. The molecule has 17 heteroatoms. The Morgan fingerprint density at radius 2 is 1.77 bits per heavy atom. The van der Waals surface area contributed by atoms with Crippen LogP contribution in [0.2, 0.25) is 0 Å². The van der Waals surface area contributed by atoms with Crippen molar-refractivity contribution >= 4 is 17.7 Å². The van der Waals surface area contributed by atoms with Crippen LogP contribution in [0.4, 0.5) is 13.2 Å². The average Bonchev–Trinajstić information content (AvgIpc) is 3.72. The smallest absolute Gasteiger partial charge is 0.255 e. The predicted molar refractivity (Wildman–Crippen MR) is 156 cm³/mol. The van der Waals surface area contributed by atoms with Crippen LogP contribution >= 0.6 is 0 Å². The highest BCUT2D eigenvalue weighted by molar-refractivity contribution is 5.92. The molecular weight excluding hydrogens is 627 g/mol. The number of halogens is 3. The molecule has 4 fully saturated rings. The van der Waals surface area contributed by atoms with Gasteiger partial charge >= 0.3 is 0 Å². The Morgan fingerprint density at radius 3 is 2.49 bits per heavy atom. The Hall–Kier alpha value is -3.64. The molecule has 0 spiro atoms. The summed E-state index contributed by atoms with van der Waals surface area (Å²) in [5.74, 6) is -5.05. The lowest BCUT2D eigenvalue weighted by Gasteiger charge is -2.42. The van der Waals surface area contributed by atoms with Crippen molar-refractivity contribution in [3.8, 4) is 11.3 Å². The van der Waals surface area contributed by atoms with Gasteiger partial charge in [0.25, 0.3) is 5.91 Å². The second-order valence-electron chi connectivity index (χ2n) is 12.7. The van der Waals surface area contributed by atoms with Crippen molar-refractivity contribution in [2.24, 2.45) is 0 Å². The summed E-state index contributed by atoms with van der Waals surface area (Å²) in [5, 5.41) is 45.9. The predicted octanol–water partition coefficient (Wildman–Crippen LogP) is -0.798. The van der Waals surface area contributed by atoms with E-state index < -0.39 is 78.6 Å². The lowest BCUT2D eigenvalue weighted by molar-refractivity contribution is -0.223. The first-order valence-electron chi connectivity index (χ1n) is 15.7. The van der Waals surface area contributed by atoms with E-state index in [1.54, 1.807) is 18.3 Å². The molecule has 1 aliphatic carbocycles. The Labute approximate surface area is 267 Å². The van der Waals surface area contributed by atoms with Gasteiger partial charge in [0, 0.05) is 57.0 Å². The highest BCUT2D eigenvalue weighted by atomic mass is 19.3. The van der Waals surface area contributed by atoms with Gasteiger partial charge in [0.05, 0.1) is 18.8 Å². The molecule has 1 aromatic carbocycles. The van der Waals surface area contributed by atoms with E-state index in [2.05, 4.69) is 20.9 Å². The fraction of sp³-hybridized carbons (Fsp3) is 0.633. The second kappa shape index (κ2) is 13.5. The summed E-state index contributed by atoms with van der Waals surface area (Å²) in [6.07, 6.45) is -6.34. The van der Waals surface area contributed by atoms with Crippen molar-refractivity contribution in [3.63, 3.8) is 0 Å². The third kappa shape index (κ3) is 7.13. The molecule has 5 N–H and O–H groups in total. The molecule has 14 nitrogen and oxygen atoms in total. The van der Waals surface area contributed by atoms with E-state index in [0.29, 0.717) is 11.3 Å². The van der Waals surface area contributed by atoms with Crippen molar-refractivity contribution in [2.75, 3.05) is 32.7 Å². The number of alkyl halides is 2. The van der Waals surface area contributed by atoms with E-state index in [4.69, 9.17) is 4.74 Å². The van der Waals surface area contributed by atoms with Gasteiger partial charge in [0.15, 0.2) is 6.10 Å². The topological polar surface area (TPSA) is 182 Å². The maximum atomic E-state index is 13.8. The number of fused-ring (bicyclic) bond motifs is 3. The zero-order valence-corrected chi connectivity index (χ0v) is 25.4. The number of aromatic nitrogens is 3. The van der Waals surface area contributed by atoms with Gasteiger partial charge in [-0.2, -0.15) is 0 Å². The van der Waals surface area contributed by atoms with Crippen molar-refractivity contribution in [1.82, 2.24) is 35.4 Å². The van der Waals surface area contributed by atoms with E-state index in [1.807, 2.05) is 0 Å². The lowest BCUT2D eigenvalue weighted by Crippen LogP contribution is -2.65. The van der Waals surface area contributed by atoms with Crippen LogP contribution in [0.5, 0.6) is 0 Å². The minimum Gasteiger partial charge on any atom is -0.388 e. The van der Waals surface area contributed by atoms with Crippen LogP contribution in [-0.4, -0.2) is 139 Å². The maximum absolute atomic E-state index is 13.8. The molecule has 4 aliphatic rings. The number of carbonyl (C=O) groups is 3. The third-order valence-electron chi connectivity index (χ3n) is 9.53. The summed E-state index contributed by atoms with van der Waals surface area (Å²) in [5.41, 5.74) is 1.08. The van der Waals surface area contributed by atoms with Crippen molar-refractivity contribution in [1.29, 1.82) is 0 Å². The number of nitrogens with one attached hydrogen (secondary N) is 2.